The van der Waals surface area contributed by atoms with Gasteiger partial charge in [-0.15, -0.1) is 0 Å². The number of nitrogens with zero attached hydrogens (tertiary/aromatic N) is 2. The average molecular weight is 554 g/mol. The molecule has 0 spiro atoms. The smallest absolute Gasteiger partial charge is 0.431 e. The molecule has 2 aromatic carbocycles. The van der Waals surface area contributed by atoms with Crippen LogP contribution < -0.4 is 10.1 Å². The molecule has 2 aliphatic rings. The molecule has 38 heavy (non-hydrogen) atoms. The second-order valence-corrected chi connectivity index (χ2v) is 16.9. The first-order valence-electron chi connectivity index (χ1n) is 12.7. The van der Waals surface area contributed by atoms with Gasteiger partial charge in [-0.25, -0.2) is 8.78 Å². The van der Waals surface area contributed by atoms with Crippen LogP contribution in [-0.2, 0) is 17.6 Å². The van der Waals surface area contributed by atoms with Crippen molar-refractivity contribution in [3.05, 3.63) is 59.5 Å². The van der Waals surface area contributed by atoms with Crippen LogP contribution in [0.1, 0.15) is 17.3 Å². The summed E-state index contributed by atoms with van der Waals surface area (Å²) in [6.07, 6.45) is -5.50. The Bertz CT molecular complexity index is 1300. The molecule has 2 atom stereocenters. The zero-order valence-corrected chi connectivity index (χ0v) is 22.6. The molecule has 0 saturated carbocycles. The van der Waals surface area contributed by atoms with E-state index >= 15 is 0 Å². The van der Waals surface area contributed by atoms with Crippen molar-refractivity contribution >= 4 is 24.7 Å². The van der Waals surface area contributed by atoms with Crippen molar-refractivity contribution in [1.29, 1.82) is 0 Å². The Morgan fingerprint density at radius 1 is 1.11 bits per heavy atom. The minimum absolute atomic E-state index is 0.205. The van der Waals surface area contributed by atoms with Crippen LogP contribution in [0.15, 0.2) is 42.5 Å². The topological polar surface area (TPSA) is 38.7 Å². The van der Waals surface area contributed by atoms with E-state index in [-0.39, 0.29) is 32.5 Å². The maximum Gasteiger partial charge on any atom is 0.431 e. The number of fused-ring (bicyclic) bond motifs is 2. The Labute approximate surface area is 219 Å². The molecule has 2 aliphatic heterocycles. The van der Waals surface area contributed by atoms with Crippen LogP contribution in [0.3, 0.4) is 0 Å². The molecule has 1 aromatic heterocycles. The summed E-state index contributed by atoms with van der Waals surface area (Å²) < 4.78 is 82.6. The number of alkyl halides is 4. The maximum absolute atomic E-state index is 14.1. The summed E-state index contributed by atoms with van der Waals surface area (Å²) in [5, 5.41) is 3.81. The number of halogens is 5. The van der Waals surface area contributed by atoms with E-state index in [1.807, 2.05) is 4.90 Å². The minimum atomic E-state index is -4.57. The van der Waals surface area contributed by atoms with Crippen molar-refractivity contribution in [2.45, 2.75) is 56.8 Å². The predicted molar refractivity (Wildman–Crippen MR) is 140 cm³/mol. The monoisotopic (exact) mass is 553 g/mol. The number of hydrogen-bond donors (Lipinski definition) is 1. The highest BCUT2D eigenvalue weighted by Gasteiger charge is 2.41. The number of likely N-dealkylation sites (tertiary alicyclic amines) is 1. The normalized spacial score (nSPS) is 20.7. The van der Waals surface area contributed by atoms with Crippen LogP contribution in [0.5, 0.6) is 5.75 Å². The lowest BCUT2D eigenvalue weighted by molar-refractivity contribution is -0.145. The van der Waals surface area contributed by atoms with Gasteiger partial charge >= 0.3 is 6.18 Å². The lowest BCUT2D eigenvalue weighted by atomic mass is 9.92. The molecule has 5 rings (SSSR count). The minimum Gasteiger partial charge on any atom is -0.491 e. The highest BCUT2D eigenvalue weighted by Crippen LogP contribution is 2.41. The van der Waals surface area contributed by atoms with Gasteiger partial charge in [0.1, 0.15) is 36.8 Å². The van der Waals surface area contributed by atoms with Gasteiger partial charge in [0.05, 0.1) is 17.6 Å². The van der Waals surface area contributed by atoms with E-state index in [2.05, 4.69) is 25.0 Å². The highest BCUT2D eigenvalue weighted by atomic mass is 28.3. The summed E-state index contributed by atoms with van der Waals surface area (Å²) in [6.45, 7) is 7.44. The molecular weight excluding hydrogens is 521 g/mol. The van der Waals surface area contributed by atoms with Crippen molar-refractivity contribution in [2.24, 2.45) is 0 Å². The van der Waals surface area contributed by atoms with Crippen molar-refractivity contribution in [3.63, 3.8) is 0 Å². The van der Waals surface area contributed by atoms with Crippen LogP contribution in [0, 0.1) is 5.82 Å². The summed E-state index contributed by atoms with van der Waals surface area (Å²) in [6, 6.07) is 10.6. The van der Waals surface area contributed by atoms with Crippen molar-refractivity contribution in [1.82, 2.24) is 9.47 Å². The van der Waals surface area contributed by atoms with Crippen LogP contribution in [-0.4, -0.2) is 56.1 Å². The SMILES string of the molecule is C[Si](C)(C)CCOCn1c(C(F)(F)F)cc2c(N[C@H]3c4ccc(F)cc4OC[C@@H]3N3CC(F)C3)cccc21. The number of anilines is 1. The number of benzene rings is 2. The summed E-state index contributed by atoms with van der Waals surface area (Å²) >= 11 is 0. The molecule has 5 nitrogen and oxygen atoms in total. The third kappa shape index (κ3) is 5.55. The Balaban J connectivity index is 1.50. The van der Waals surface area contributed by atoms with Gasteiger partial charge in [0.15, 0.2) is 0 Å². The molecule has 0 bridgehead atoms. The number of ether oxygens (including phenoxy) is 2. The molecule has 1 fully saturated rings. The Morgan fingerprint density at radius 3 is 2.55 bits per heavy atom. The largest absolute Gasteiger partial charge is 0.491 e. The van der Waals surface area contributed by atoms with Gasteiger partial charge in [0, 0.05) is 50.5 Å². The third-order valence-electron chi connectivity index (χ3n) is 7.20. The Hall–Kier alpha value is -2.63. The molecule has 3 aromatic rings. The van der Waals surface area contributed by atoms with E-state index in [0.717, 1.165) is 12.1 Å². The van der Waals surface area contributed by atoms with Crippen LogP contribution >= 0.6 is 0 Å². The Kier molecular flexibility index (Phi) is 7.21. The molecule has 1 saturated heterocycles. The fourth-order valence-corrected chi connectivity index (χ4v) is 5.83. The molecule has 0 unspecified atom stereocenters. The lowest BCUT2D eigenvalue weighted by Crippen LogP contribution is -2.59. The lowest BCUT2D eigenvalue weighted by Gasteiger charge is -2.46. The molecule has 206 valence electrons. The molecule has 1 N–H and O–H groups in total. The average Bonchev–Trinajstić information content (AvgIpc) is 3.20. The fourth-order valence-electron chi connectivity index (χ4n) is 5.07. The van der Waals surface area contributed by atoms with E-state index in [1.165, 1.54) is 16.7 Å². The van der Waals surface area contributed by atoms with E-state index in [0.29, 0.717) is 34.5 Å². The van der Waals surface area contributed by atoms with Crippen molar-refractivity contribution in [3.8, 4) is 5.75 Å². The van der Waals surface area contributed by atoms with Crippen LogP contribution in [0.25, 0.3) is 10.9 Å². The maximum atomic E-state index is 14.1. The van der Waals surface area contributed by atoms with Gasteiger partial charge in [-0.1, -0.05) is 31.8 Å². The van der Waals surface area contributed by atoms with Crippen LogP contribution in [0.4, 0.5) is 27.6 Å². The molecule has 3 heterocycles. The van der Waals surface area contributed by atoms with Gasteiger partial charge in [-0.2, -0.15) is 13.2 Å². The van der Waals surface area contributed by atoms with Gasteiger partial charge in [-0.3, -0.25) is 4.90 Å². The summed E-state index contributed by atoms with van der Waals surface area (Å²) in [4.78, 5) is 1.94. The van der Waals surface area contributed by atoms with E-state index in [9.17, 15) is 22.0 Å². The zero-order valence-electron chi connectivity index (χ0n) is 21.6. The molecular formula is C27H32F5N3O2Si. The molecule has 0 aliphatic carbocycles. The molecule has 0 radical (unpaired) electrons. The van der Waals surface area contributed by atoms with E-state index < -0.39 is 38.0 Å². The summed E-state index contributed by atoms with van der Waals surface area (Å²) in [7, 11) is -1.40. The van der Waals surface area contributed by atoms with E-state index in [4.69, 9.17) is 9.47 Å². The number of aromatic nitrogens is 1. The first-order valence-corrected chi connectivity index (χ1v) is 16.5. The standard InChI is InChI=1S/C27H32F5N3O2Si/c1-38(2,3)10-9-36-16-35-22-6-4-5-21(20(22)12-25(35)27(30,31)32)33-26-19-8-7-17(28)11-24(19)37-15-23(26)34-13-18(29)14-34/h4-8,11-12,18,23,26,33H,9-10,13-16H2,1-3H3/t23-,26-/m0/s1. The second-order valence-electron chi connectivity index (χ2n) is 11.3. The van der Waals surface area contributed by atoms with Gasteiger partial charge < -0.3 is 19.4 Å². The van der Waals surface area contributed by atoms with E-state index in [1.54, 1.807) is 24.3 Å². The molecule has 11 heteroatoms. The number of nitrogens with one attached hydrogen (secondary N) is 1. The predicted octanol–water partition coefficient (Wildman–Crippen LogP) is 6.68. The zero-order chi connectivity index (χ0) is 27.2. The quantitative estimate of drug-likeness (QED) is 0.192. The molecule has 0 amide bonds. The summed E-state index contributed by atoms with van der Waals surface area (Å²) in [5.41, 5.74) is 0.778. The summed E-state index contributed by atoms with van der Waals surface area (Å²) in [5.74, 6) is -0.0792. The van der Waals surface area contributed by atoms with Crippen molar-refractivity contribution < 1.29 is 31.4 Å². The Morgan fingerprint density at radius 2 is 1.87 bits per heavy atom. The van der Waals surface area contributed by atoms with Gasteiger partial charge in [0.2, 0.25) is 0 Å². The highest BCUT2D eigenvalue weighted by molar-refractivity contribution is 6.76. The van der Waals surface area contributed by atoms with Crippen LogP contribution in [0.2, 0.25) is 25.7 Å². The fraction of sp³-hybridized carbons (Fsp3) is 0.481. The van der Waals surface area contributed by atoms with Crippen molar-refractivity contribution in [2.75, 3.05) is 31.6 Å². The van der Waals surface area contributed by atoms with Gasteiger partial charge in [0.25, 0.3) is 0 Å². The third-order valence-corrected chi connectivity index (χ3v) is 8.91. The first-order chi connectivity index (χ1) is 17.9. The van der Waals surface area contributed by atoms with Gasteiger partial charge in [-0.05, 0) is 30.3 Å². The number of rotatable bonds is 8. The second kappa shape index (κ2) is 10.2. The first kappa shape index (κ1) is 27.0. The number of hydrogen-bond acceptors (Lipinski definition) is 4.